The molecule has 2 nitrogen and oxygen atoms in total. The summed E-state index contributed by atoms with van der Waals surface area (Å²) in [6.07, 6.45) is 6.30. The number of rotatable bonds is 5. The van der Waals surface area contributed by atoms with Crippen molar-refractivity contribution in [2.75, 3.05) is 0 Å². The molecule has 2 heteroatoms. The SMILES string of the molecule is C=Cc1ccc(C(=O)OC(C(=C)C)C2CCCC2)cc1. The minimum absolute atomic E-state index is 0.149. The van der Waals surface area contributed by atoms with Gasteiger partial charge in [0.05, 0.1) is 5.56 Å². The third-order valence-electron chi connectivity index (χ3n) is 3.93. The molecule has 0 aromatic heterocycles. The molecule has 1 aliphatic carbocycles. The van der Waals surface area contributed by atoms with Crippen molar-refractivity contribution in [2.45, 2.75) is 38.7 Å². The smallest absolute Gasteiger partial charge is 0.338 e. The molecule has 0 amide bonds. The predicted octanol–water partition coefficient (Wildman–Crippen LogP) is 4.62. The largest absolute Gasteiger partial charge is 0.454 e. The second-order valence-electron chi connectivity index (χ2n) is 5.54. The molecule has 0 spiro atoms. The van der Waals surface area contributed by atoms with Crippen LogP contribution in [0.25, 0.3) is 6.08 Å². The first-order valence-corrected chi connectivity index (χ1v) is 7.20. The lowest BCUT2D eigenvalue weighted by Crippen LogP contribution is -2.26. The molecule has 106 valence electrons. The van der Waals surface area contributed by atoms with E-state index in [1.54, 1.807) is 18.2 Å². The maximum atomic E-state index is 12.2. The summed E-state index contributed by atoms with van der Waals surface area (Å²) in [4.78, 5) is 12.2. The van der Waals surface area contributed by atoms with Crippen LogP contribution in [-0.2, 0) is 4.74 Å². The van der Waals surface area contributed by atoms with Gasteiger partial charge in [0, 0.05) is 0 Å². The van der Waals surface area contributed by atoms with Gasteiger partial charge in [-0.15, -0.1) is 0 Å². The van der Waals surface area contributed by atoms with Gasteiger partial charge in [-0.25, -0.2) is 4.79 Å². The highest BCUT2D eigenvalue weighted by atomic mass is 16.5. The van der Waals surface area contributed by atoms with Gasteiger partial charge in [-0.3, -0.25) is 0 Å². The number of hydrogen-bond donors (Lipinski definition) is 0. The van der Waals surface area contributed by atoms with E-state index >= 15 is 0 Å². The third kappa shape index (κ3) is 3.38. The fraction of sp³-hybridized carbons (Fsp3) is 0.389. The summed E-state index contributed by atoms with van der Waals surface area (Å²) >= 11 is 0. The molecule has 20 heavy (non-hydrogen) atoms. The van der Waals surface area contributed by atoms with Crippen LogP contribution in [0.2, 0.25) is 0 Å². The van der Waals surface area contributed by atoms with Crippen molar-refractivity contribution in [3.05, 3.63) is 54.1 Å². The van der Waals surface area contributed by atoms with Crippen LogP contribution in [0.3, 0.4) is 0 Å². The summed E-state index contributed by atoms with van der Waals surface area (Å²) in [5, 5.41) is 0. The number of hydrogen-bond acceptors (Lipinski definition) is 2. The fourth-order valence-electron chi connectivity index (χ4n) is 2.80. The number of ether oxygens (including phenoxy) is 1. The minimum atomic E-state index is -0.263. The Balaban J connectivity index is 2.06. The van der Waals surface area contributed by atoms with Gasteiger partial charge in [0.1, 0.15) is 6.10 Å². The highest BCUT2D eigenvalue weighted by Crippen LogP contribution is 2.32. The molecule has 0 saturated heterocycles. The molecular weight excluding hydrogens is 248 g/mol. The summed E-state index contributed by atoms with van der Waals surface area (Å²) in [5.41, 5.74) is 2.52. The molecule has 1 fully saturated rings. The monoisotopic (exact) mass is 270 g/mol. The predicted molar refractivity (Wildman–Crippen MR) is 82.5 cm³/mol. The second kappa shape index (κ2) is 6.56. The highest BCUT2D eigenvalue weighted by Gasteiger charge is 2.28. The molecule has 2 rings (SSSR count). The van der Waals surface area contributed by atoms with Gasteiger partial charge in [0.25, 0.3) is 0 Å². The summed E-state index contributed by atoms with van der Waals surface area (Å²) in [5.74, 6) is 0.171. The van der Waals surface area contributed by atoms with Crippen LogP contribution in [0.5, 0.6) is 0 Å². The highest BCUT2D eigenvalue weighted by molar-refractivity contribution is 5.89. The Hall–Kier alpha value is -1.83. The molecule has 1 unspecified atom stereocenters. The average molecular weight is 270 g/mol. The van der Waals surface area contributed by atoms with E-state index in [0.29, 0.717) is 11.5 Å². The lowest BCUT2D eigenvalue weighted by atomic mass is 9.96. The van der Waals surface area contributed by atoms with Gasteiger partial charge in [-0.2, -0.15) is 0 Å². The van der Waals surface area contributed by atoms with Crippen LogP contribution < -0.4 is 0 Å². The lowest BCUT2D eigenvalue weighted by molar-refractivity contribution is 0.0252. The summed E-state index contributed by atoms with van der Waals surface area (Å²) < 4.78 is 5.69. The number of esters is 1. The van der Waals surface area contributed by atoms with Gasteiger partial charge < -0.3 is 4.74 Å². The Bertz CT molecular complexity index is 493. The summed E-state index contributed by atoms with van der Waals surface area (Å²) in [7, 11) is 0. The standard InChI is InChI=1S/C18H22O2/c1-4-14-9-11-16(12-10-14)18(19)20-17(13(2)3)15-7-5-6-8-15/h4,9-12,15,17H,1-2,5-8H2,3H3. The number of carbonyl (C=O) groups is 1. The zero-order valence-corrected chi connectivity index (χ0v) is 12.1. The third-order valence-corrected chi connectivity index (χ3v) is 3.93. The van der Waals surface area contributed by atoms with Crippen LogP contribution in [-0.4, -0.2) is 12.1 Å². The molecule has 0 aliphatic heterocycles. The molecule has 0 bridgehead atoms. The Morgan fingerprint density at radius 2 is 1.90 bits per heavy atom. The molecule has 1 aromatic carbocycles. The minimum Gasteiger partial charge on any atom is -0.454 e. The first-order chi connectivity index (χ1) is 9.61. The molecule has 1 aromatic rings. The molecule has 0 heterocycles. The van der Waals surface area contributed by atoms with Crippen LogP contribution in [0.15, 0.2) is 43.0 Å². The Labute approximate surface area is 121 Å². The number of benzene rings is 1. The van der Waals surface area contributed by atoms with Gasteiger partial charge in [-0.05, 0) is 49.0 Å². The van der Waals surface area contributed by atoms with Gasteiger partial charge in [0.2, 0.25) is 0 Å². The molecule has 1 aliphatic rings. The van der Waals surface area contributed by atoms with Crippen molar-refractivity contribution >= 4 is 12.0 Å². The maximum absolute atomic E-state index is 12.2. The molecule has 0 radical (unpaired) electrons. The van der Waals surface area contributed by atoms with E-state index in [9.17, 15) is 4.79 Å². The zero-order valence-electron chi connectivity index (χ0n) is 12.1. The van der Waals surface area contributed by atoms with Crippen LogP contribution in [0, 0.1) is 5.92 Å². The van der Waals surface area contributed by atoms with Crippen molar-refractivity contribution in [2.24, 2.45) is 5.92 Å². The Morgan fingerprint density at radius 1 is 1.30 bits per heavy atom. The Kier molecular flexibility index (Phi) is 4.78. The van der Waals surface area contributed by atoms with E-state index in [1.807, 2.05) is 19.1 Å². The molecule has 0 N–H and O–H groups in total. The molecule has 1 saturated carbocycles. The van der Waals surface area contributed by atoms with E-state index in [2.05, 4.69) is 13.2 Å². The molecule has 1 atom stereocenters. The summed E-state index contributed by atoms with van der Waals surface area (Å²) in [6.45, 7) is 9.63. The topological polar surface area (TPSA) is 26.3 Å². The van der Waals surface area contributed by atoms with Crippen molar-refractivity contribution < 1.29 is 9.53 Å². The van der Waals surface area contributed by atoms with Crippen molar-refractivity contribution in [3.8, 4) is 0 Å². The van der Waals surface area contributed by atoms with Gasteiger partial charge in [-0.1, -0.05) is 44.2 Å². The molecular formula is C18H22O2. The average Bonchev–Trinajstić information content (AvgIpc) is 2.98. The fourth-order valence-corrected chi connectivity index (χ4v) is 2.80. The van der Waals surface area contributed by atoms with E-state index in [4.69, 9.17) is 4.74 Å². The quantitative estimate of drug-likeness (QED) is 0.576. The van der Waals surface area contributed by atoms with E-state index in [1.165, 1.54) is 12.8 Å². The van der Waals surface area contributed by atoms with Gasteiger partial charge >= 0.3 is 5.97 Å². The van der Waals surface area contributed by atoms with Crippen molar-refractivity contribution in [1.82, 2.24) is 0 Å². The number of carbonyl (C=O) groups excluding carboxylic acids is 1. The normalized spacial score (nSPS) is 16.6. The van der Waals surface area contributed by atoms with Crippen LogP contribution in [0.4, 0.5) is 0 Å². The van der Waals surface area contributed by atoms with Gasteiger partial charge in [0.15, 0.2) is 0 Å². The lowest BCUT2D eigenvalue weighted by Gasteiger charge is -2.24. The zero-order chi connectivity index (χ0) is 14.5. The van der Waals surface area contributed by atoms with E-state index in [0.717, 1.165) is 24.0 Å². The van der Waals surface area contributed by atoms with E-state index in [-0.39, 0.29) is 12.1 Å². The van der Waals surface area contributed by atoms with E-state index < -0.39 is 0 Å². The first-order valence-electron chi connectivity index (χ1n) is 7.20. The van der Waals surface area contributed by atoms with Crippen molar-refractivity contribution in [1.29, 1.82) is 0 Å². The van der Waals surface area contributed by atoms with Crippen molar-refractivity contribution in [3.63, 3.8) is 0 Å². The maximum Gasteiger partial charge on any atom is 0.338 e. The van der Waals surface area contributed by atoms with Crippen LogP contribution in [0.1, 0.15) is 48.5 Å². The Morgan fingerprint density at radius 3 is 2.40 bits per heavy atom. The first kappa shape index (κ1) is 14.6. The van der Waals surface area contributed by atoms with Crippen LogP contribution >= 0.6 is 0 Å². The second-order valence-corrected chi connectivity index (χ2v) is 5.54. The summed E-state index contributed by atoms with van der Waals surface area (Å²) in [6, 6.07) is 7.30.